The summed E-state index contributed by atoms with van der Waals surface area (Å²) in [5.41, 5.74) is -0.0647. The smallest absolute Gasteiger partial charge is 0.395 e. The van der Waals surface area contributed by atoms with Gasteiger partial charge < -0.3 is 25.2 Å². The first-order chi connectivity index (χ1) is 22.0. The fraction of sp³-hybridized carbons (Fsp3) is 0.387. The first-order valence-electron chi connectivity index (χ1n) is 14.9. The number of nitrogens with one attached hydrogen (secondary N) is 3. The predicted octanol–water partition coefficient (Wildman–Crippen LogP) is 4.80. The Morgan fingerprint density at radius 1 is 1.07 bits per heavy atom. The highest BCUT2D eigenvalue weighted by Gasteiger charge is 2.34. The van der Waals surface area contributed by atoms with E-state index in [0.717, 1.165) is 29.8 Å². The van der Waals surface area contributed by atoms with Crippen molar-refractivity contribution in [3.05, 3.63) is 63.5 Å². The van der Waals surface area contributed by atoms with Crippen LogP contribution in [0.25, 0.3) is 32.6 Å². The molecule has 4 rings (SSSR count). The Morgan fingerprint density at radius 2 is 1.83 bits per heavy atom. The summed E-state index contributed by atoms with van der Waals surface area (Å²) in [5, 5.41) is 18.1. The Balaban J connectivity index is 1.88. The summed E-state index contributed by atoms with van der Waals surface area (Å²) in [6.07, 6.45) is -1.05. The van der Waals surface area contributed by atoms with E-state index in [1.807, 2.05) is 25.3 Å². The van der Waals surface area contributed by atoms with E-state index in [1.54, 1.807) is 18.2 Å². The average Bonchev–Trinajstić information content (AvgIpc) is 3.55. The number of alkyl halides is 3. The largest absolute Gasteiger partial charge is 0.434 e. The Labute approximate surface area is 267 Å². The summed E-state index contributed by atoms with van der Waals surface area (Å²) >= 11 is 0.785. The molecule has 0 atom stereocenters. The van der Waals surface area contributed by atoms with Crippen LogP contribution in [0.4, 0.5) is 23.8 Å². The van der Waals surface area contributed by atoms with Crippen LogP contribution in [0.1, 0.15) is 43.2 Å². The fourth-order valence-electron chi connectivity index (χ4n) is 4.82. The lowest BCUT2D eigenvalue weighted by Crippen LogP contribution is -2.32. The zero-order valence-corrected chi connectivity index (χ0v) is 26.5. The molecule has 0 fully saturated rings. The molecule has 246 valence electrons. The highest BCUT2D eigenvalue weighted by Crippen LogP contribution is 2.39. The Kier molecular flexibility index (Phi) is 11.5. The van der Waals surface area contributed by atoms with E-state index in [0.29, 0.717) is 42.7 Å². The van der Waals surface area contributed by atoms with Gasteiger partial charge in [-0.2, -0.15) is 13.2 Å². The molecule has 0 saturated carbocycles. The SMILES string of the molecule is CCCNC(=O)Nc1cc(-c2nc(C(F)(F)F)cs2)c(-c2ccc3c(c2)c(=O)c(C(=O)NCCO)cn3CCN(CC)CC)cn1. The maximum atomic E-state index is 13.7. The number of urea groups is 1. The van der Waals surface area contributed by atoms with E-state index in [1.165, 1.54) is 18.5 Å². The molecular weight excluding hydrogens is 623 g/mol. The molecular formula is C31H36F3N7O4S. The zero-order chi connectivity index (χ0) is 33.4. The van der Waals surface area contributed by atoms with Gasteiger partial charge >= 0.3 is 12.2 Å². The van der Waals surface area contributed by atoms with Crippen molar-refractivity contribution in [2.45, 2.75) is 39.9 Å². The monoisotopic (exact) mass is 659 g/mol. The summed E-state index contributed by atoms with van der Waals surface area (Å²) in [4.78, 5) is 49.3. The third-order valence-electron chi connectivity index (χ3n) is 7.29. The van der Waals surface area contributed by atoms with Gasteiger partial charge in [-0.15, -0.1) is 11.3 Å². The van der Waals surface area contributed by atoms with Gasteiger partial charge in [0.15, 0.2) is 5.69 Å². The van der Waals surface area contributed by atoms with Gasteiger partial charge in [-0.25, -0.2) is 14.8 Å². The highest BCUT2D eigenvalue weighted by molar-refractivity contribution is 7.13. The molecule has 3 aromatic heterocycles. The number of thiazole rings is 1. The second-order valence-corrected chi connectivity index (χ2v) is 11.2. The van der Waals surface area contributed by atoms with E-state index >= 15 is 0 Å². The number of carbonyl (C=O) groups is 2. The summed E-state index contributed by atoms with van der Waals surface area (Å²) in [5.74, 6) is -0.539. The molecule has 0 unspecified atom stereocenters. The molecule has 3 amide bonds. The standard InChI is InChI=1S/C31H36F3N7O4S/c1-4-9-36-30(45)39-26-15-20(29-38-25(18-46-29)31(32,33)34)22(16-37-26)19-7-8-24-21(14-19)27(43)23(28(44)35-10-13-42)17-41(24)12-11-40(5-2)6-3/h7-8,14-18,42H,4-6,9-13H2,1-3H3,(H,35,44)(H2,36,37,39,45). The van der Waals surface area contributed by atoms with Crippen LogP contribution in [0.15, 0.2) is 46.8 Å². The normalized spacial score (nSPS) is 11.7. The topological polar surface area (TPSA) is 141 Å². The Morgan fingerprint density at radius 3 is 2.48 bits per heavy atom. The Hall–Kier alpha value is -4.34. The highest BCUT2D eigenvalue weighted by atomic mass is 32.1. The van der Waals surface area contributed by atoms with Crippen molar-refractivity contribution in [3.8, 4) is 21.7 Å². The number of carbonyl (C=O) groups excluding carboxylic acids is 2. The van der Waals surface area contributed by atoms with E-state index in [4.69, 9.17) is 0 Å². The van der Waals surface area contributed by atoms with Gasteiger partial charge in [0.25, 0.3) is 5.91 Å². The van der Waals surface area contributed by atoms with Crippen LogP contribution in [0, 0.1) is 0 Å². The van der Waals surface area contributed by atoms with Crippen LogP contribution in [0.5, 0.6) is 0 Å². The molecule has 46 heavy (non-hydrogen) atoms. The van der Waals surface area contributed by atoms with Crippen LogP contribution in [0.3, 0.4) is 0 Å². The average molecular weight is 660 g/mol. The van der Waals surface area contributed by atoms with Gasteiger partial charge in [0, 0.05) is 60.5 Å². The number of hydrogen-bond donors (Lipinski definition) is 4. The summed E-state index contributed by atoms with van der Waals surface area (Å²) in [7, 11) is 0. The van der Waals surface area contributed by atoms with Crippen LogP contribution in [-0.4, -0.2) is 75.8 Å². The number of benzene rings is 1. The lowest BCUT2D eigenvalue weighted by atomic mass is 9.99. The number of rotatable bonds is 13. The second-order valence-electron chi connectivity index (χ2n) is 10.3. The van der Waals surface area contributed by atoms with Crippen molar-refractivity contribution >= 4 is 40.0 Å². The number of aliphatic hydroxyl groups excluding tert-OH is 1. The van der Waals surface area contributed by atoms with E-state index in [-0.39, 0.29) is 40.5 Å². The number of aromatic nitrogens is 3. The molecule has 0 aliphatic rings. The predicted molar refractivity (Wildman–Crippen MR) is 172 cm³/mol. The summed E-state index contributed by atoms with van der Waals surface area (Å²) < 4.78 is 42.3. The number of nitrogens with zero attached hydrogens (tertiary/aromatic N) is 4. The minimum absolute atomic E-state index is 0.0323. The number of amides is 3. The Bertz CT molecular complexity index is 1750. The van der Waals surface area contributed by atoms with Crippen molar-refractivity contribution < 1.29 is 27.9 Å². The molecule has 4 aromatic rings. The van der Waals surface area contributed by atoms with Gasteiger partial charge in [-0.1, -0.05) is 26.8 Å². The van der Waals surface area contributed by atoms with Crippen LogP contribution >= 0.6 is 11.3 Å². The molecule has 0 saturated heterocycles. The molecule has 0 bridgehead atoms. The number of likely N-dealkylation sites (N-methyl/N-ethyl adjacent to an activating group) is 1. The molecule has 15 heteroatoms. The number of fused-ring (bicyclic) bond motifs is 1. The van der Waals surface area contributed by atoms with Gasteiger partial charge in [-0.3, -0.25) is 14.9 Å². The number of pyridine rings is 2. The van der Waals surface area contributed by atoms with Gasteiger partial charge in [-0.05, 0) is 43.3 Å². The van der Waals surface area contributed by atoms with Crippen LogP contribution in [-0.2, 0) is 12.7 Å². The number of hydrogen-bond acceptors (Lipinski definition) is 8. The first kappa shape index (κ1) is 34.5. The van der Waals surface area contributed by atoms with Gasteiger partial charge in [0.2, 0.25) is 5.43 Å². The van der Waals surface area contributed by atoms with E-state index in [9.17, 15) is 32.7 Å². The molecule has 0 aliphatic heterocycles. The van der Waals surface area contributed by atoms with Crippen molar-refractivity contribution in [2.24, 2.45) is 0 Å². The van der Waals surface area contributed by atoms with Crippen molar-refractivity contribution in [1.29, 1.82) is 0 Å². The van der Waals surface area contributed by atoms with E-state index in [2.05, 4.69) is 30.8 Å². The third kappa shape index (κ3) is 8.08. The lowest BCUT2D eigenvalue weighted by molar-refractivity contribution is -0.140. The second kappa shape index (κ2) is 15.3. The van der Waals surface area contributed by atoms with Gasteiger partial charge in [0.05, 0.1) is 12.1 Å². The van der Waals surface area contributed by atoms with Gasteiger partial charge in [0.1, 0.15) is 16.4 Å². The lowest BCUT2D eigenvalue weighted by Gasteiger charge is -2.21. The molecule has 4 N–H and O–H groups in total. The maximum Gasteiger partial charge on any atom is 0.434 e. The number of anilines is 1. The fourth-order valence-corrected chi connectivity index (χ4v) is 5.68. The third-order valence-corrected chi connectivity index (χ3v) is 8.17. The van der Waals surface area contributed by atoms with Crippen molar-refractivity contribution in [2.75, 3.05) is 44.6 Å². The molecule has 3 heterocycles. The molecule has 1 aromatic carbocycles. The molecule has 0 radical (unpaired) electrons. The molecule has 11 nitrogen and oxygen atoms in total. The minimum Gasteiger partial charge on any atom is -0.395 e. The molecule has 0 spiro atoms. The maximum absolute atomic E-state index is 13.7. The van der Waals surface area contributed by atoms with Crippen LogP contribution < -0.4 is 21.4 Å². The van der Waals surface area contributed by atoms with Crippen molar-refractivity contribution in [3.63, 3.8) is 0 Å². The summed E-state index contributed by atoms with van der Waals surface area (Å²) in [6.45, 7) is 8.82. The van der Waals surface area contributed by atoms with Crippen LogP contribution in [0.2, 0.25) is 0 Å². The number of halogens is 3. The quantitative estimate of drug-likeness (QED) is 0.162. The first-order valence-corrected chi connectivity index (χ1v) is 15.8. The number of aliphatic hydroxyl groups is 1. The minimum atomic E-state index is -4.66. The van der Waals surface area contributed by atoms with E-state index < -0.39 is 29.2 Å². The summed E-state index contributed by atoms with van der Waals surface area (Å²) in [6, 6.07) is 5.94. The molecule has 0 aliphatic carbocycles. The van der Waals surface area contributed by atoms with Crippen molar-refractivity contribution in [1.82, 2.24) is 30.1 Å². The zero-order valence-electron chi connectivity index (χ0n) is 25.7.